The Hall–Kier alpha value is -1.55. The molecule has 15 heavy (non-hydrogen) atoms. The number of carbonyl (C=O) groups excluding carboxylic acids is 1. The Morgan fingerprint density at radius 1 is 1.33 bits per heavy atom. The SMILES string of the molecule is O=C1NCCCN1c1ccc(CO)cc1. The fourth-order valence-electron chi connectivity index (χ4n) is 1.66. The predicted octanol–water partition coefficient (Wildman–Crippen LogP) is 1.10. The van der Waals surface area contributed by atoms with Gasteiger partial charge in [-0.05, 0) is 24.1 Å². The Labute approximate surface area is 88.5 Å². The molecule has 2 N–H and O–H groups in total. The number of anilines is 1. The van der Waals surface area contributed by atoms with Gasteiger partial charge >= 0.3 is 6.03 Å². The predicted molar refractivity (Wildman–Crippen MR) is 57.7 cm³/mol. The largest absolute Gasteiger partial charge is 0.392 e. The second-order valence-corrected chi connectivity index (χ2v) is 3.56. The van der Waals surface area contributed by atoms with Crippen molar-refractivity contribution in [3.05, 3.63) is 29.8 Å². The van der Waals surface area contributed by atoms with Gasteiger partial charge in [-0.1, -0.05) is 12.1 Å². The van der Waals surface area contributed by atoms with Gasteiger partial charge in [-0.25, -0.2) is 4.79 Å². The van der Waals surface area contributed by atoms with Crippen molar-refractivity contribution in [1.82, 2.24) is 5.32 Å². The van der Waals surface area contributed by atoms with E-state index in [-0.39, 0.29) is 12.6 Å². The summed E-state index contributed by atoms with van der Waals surface area (Å²) in [5, 5.41) is 11.7. The second-order valence-electron chi connectivity index (χ2n) is 3.56. The van der Waals surface area contributed by atoms with E-state index in [9.17, 15) is 4.79 Å². The summed E-state index contributed by atoms with van der Waals surface area (Å²) in [6.45, 7) is 1.54. The molecule has 0 radical (unpaired) electrons. The van der Waals surface area contributed by atoms with Crippen LogP contribution in [0.3, 0.4) is 0 Å². The number of hydrogen-bond donors (Lipinski definition) is 2. The Kier molecular flexibility index (Phi) is 2.87. The van der Waals surface area contributed by atoms with Gasteiger partial charge in [0.2, 0.25) is 0 Å². The van der Waals surface area contributed by atoms with Crippen molar-refractivity contribution in [2.75, 3.05) is 18.0 Å². The van der Waals surface area contributed by atoms with Crippen molar-refractivity contribution in [3.63, 3.8) is 0 Å². The monoisotopic (exact) mass is 206 g/mol. The maximum Gasteiger partial charge on any atom is 0.321 e. The summed E-state index contributed by atoms with van der Waals surface area (Å²) in [6.07, 6.45) is 0.966. The number of carbonyl (C=O) groups is 1. The number of nitrogens with zero attached hydrogens (tertiary/aromatic N) is 1. The molecule has 1 aliphatic rings. The van der Waals surface area contributed by atoms with Crippen LogP contribution in [0.15, 0.2) is 24.3 Å². The molecule has 0 spiro atoms. The van der Waals surface area contributed by atoms with Crippen LogP contribution in [0, 0.1) is 0 Å². The van der Waals surface area contributed by atoms with Crippen LogP contribution in [-0.2, 0) is 6.61 Å². The molecular weight excluding hydrogens is 192 g/mol. The Morgan fingerprint density at radius 2 is 2.07 bits per heavy atom. The Balaban J connectivity index is 2.17. The molecule has 1 aromatic rings. The topological polar surface area (TPSA) is 52.6 Å². The first-order valence-electron chi connectivity index (χ1n) is 5.06. The zero-order valence-corrected chi connectivity index (χ0v) is 8.44. The number of rotatable bonds is 2. The fourth-order valence-corrected chi connectivity index (χ4v) is 1.66. The molecule has 2 rings (SSSR count). The molecule has 1 aliphatic heterocycles. The van der Waals surface area contributed by atoms with Gasteiger partial charge < -0.3 is 10.4 Å². The fraction of sp³-hybridized carbons (Fsp3) is 0.364. The molecule has 80 valence electrons. The first-order valence-corrected chi connectivity index (χ1v) is 5.06. The highest BCUT2D eigenvalue weighted by Crippen LogP contribution is 2.17. The summed E-state index contributed by atoms with van der Waals surface area (Å²) in [5.41, 5.74) is 1.74. The molecule has 1 saturated heterocycles. The molecule has 2 amide bonds. The van der Waals surface area contributed by atoms with Gasteiger partial charge in [-0.15, -0.1) is 0 Å². The molecule has 0 saturated carbocycles. The van der Waals surface area contributed by atoms with Gasteiger partial charge in [0.25, 0.3) is 0 Å². The molecule has 0 aromatic heterocycles. The van der Waals surface area contributed by atoms with Gasteiger partial charge in [0.05, 0.1) is 6.61 Å². The molecular formula is C11H14N2O2. The van der Waals surface area contributed by atoms with E-state index in [0.717, 1.165) is 30.8 Å². The maximum absolute atomic E-state index is 11.5. The van der Waals surface area contributed by atoms with Crippen molar-refractivity contribution in [3.8, 4) is 0 Å². The van der Waals surface area contributed by atoms with E-state index in [2.05, 4.69) is 5.32 Å². The minimum absolute atomic E-state index is 0.0342. The maximum atomic E-state index is 11.5. The quantitative estimate of drug-likeness (QED) is 0.761. The van der Waals surface area contributed by atoms with Crippen molar-refractivity contribution >= 4 is 11.7 Å². The highest BCUT2D eigenvalue weighted by Gasteiger charge is 2.18. The van der Waals surface area contributed by atoms with Gasteiger partial charge in [0.15, 0.2) is 0 Å². The zero-order chi connectivity index (χ0) is 10.7. The van der Waals surface area contributed by atoms with E-state index in [0.29, 0.717) is 0 Å². The van der Waals surface area contributed by atoms with Crippen LogP contribution in [0.4, 0.5) is 10.5 Å². The smallest absolute Gasteiger partial charge is 0.321 e. The van der Waals surface area contributed by atoms with E-state index in [1.807, 2.05) is 24.3 Å². The van der Waals surface area contributed by atoms with Crippen LogP contribution >= 0.6 is 0 Å². The number of benzene rings is 1. The van der Waals surface area contributed by atoms with Gasteiger partial charge in [-0.2, -0.15) is 0 Å². The summed E-state index contributed by atoms with van der Waals surface area (Å²) in [5.74, 6) is 0. The lowest BCUT2D eigenvalue weighted by molar-refractivity contribution is 0.243. The first kappa shape index (κ1) is 9.98. The van der Waals surface area contributed by atoms with E-state index in [4.69, 9.17) is 5.11 Å². The molecule has 0 unspecified atom stereocenters. The van der Waals surface area contributed by atoms with E-state index < -0.39 is 0 Å². The minimum Gasteiger partial charge on any atom is -0.392 e. The summed E-state index contributed by atoms with van der Waals surface area (Å²) in [4.78, 5) is 13.2. The van der Waals surface area contributed by atoms with Crippen molar-refractivity contribution in [2.24, 2.45) is 0 Å². The first-order chi connectivity index (χ1) is 7.31. The van der Waals surface area contributed by atoms with Gasteiger partial charge in [-0.3, -0.25) is 4.90 Å². The lowest BCUT2D eigenvalue weighted by Crippen LogP contribution is -2.46. The average Bonchev–Trinajstić information content (AvgIpc) is 2.30. The summed E-state index contributed by atoms with van der Waals surface area (Å²) in [7, 11) is 0. The standard InChI is InChI=1S/C11H14N2O2/c14-8-9-2-4-10(5-3-9)13-7-1-6-12-11(13)15/h2-5,14H,1,6-8H2,(H,12,15). The molecule has 0 aliphatic carbocycles. The molecule has 1 fully saturated rings. The number of aliphatic hydroxyl groups excluding tert-OH is 1. The number of urea groups is 1. The van der Waals surface area contributed by atoms with Crippen molar-refractivity contribution in [1.29, 1.82) is 0 Å². The lowest BCUT2D eigenvalue weighted by Gasteiger charge is -2.27. The average molecular weight is 206 g/mol. The van der Waals surface area contributed by atoms with Crippen LogP contribution in [0.1, 0.15) is 12.0 Å². The van der Waals surface area contributed by atoms with E-state index >= 15 is 0 Å². The molecule has 0 atom stereocenters. The van der Waals surface area contributed by atoms with Crippen LogP contribution < -0.4 is 10.2 Å². The molecule has 0 bridgehead atoms. The minimum atomic E-state index is -0.0435. The van der Waals surface area contributed by atoms with Crippen molar-refractivity contribution < 1.29 is 9.90 Å². The zero-order valence-electron chi connectivity index (χ0n) is 8.44. The summed E-state index contributed by atoms with van der Waals surface area (Å²) < 4.78 is 0. The Bertz CT molecular complexity index is 348. The van der Waals surface area contributed by atoms with Crippen LogP contribution in [0.5, 0.6) is 0 Å². The number of hydrogen-bond acceptors (Lipinski definition) is 2. The summed E-state index contributed by atoms with van der Waals surface area (Å²) in [6, 6.07) is 7.33. The normalized spacial score (nSPS) is 16.3. The summed E-state index contributed by atoms with van der Waals surface area (Å²) >= 11 is 0. The van der Waals surface area contributed by atoms with Crippen LogP contribution in [0.25, 0.3) is 0 Å². The van der Waals surface area contributed by atoms with Crippen LogP contribution in [0.2, 0.25) is 0 Å². The second kappa shape index (κ2) is 4.31. The molecule has 1 heterocycles. The number of nitrogens with one attached hydrogen (secondary N) is 1. The Morgan fingerprint density at radius 3 is 2.67 bits per heavy atom. The highest BCUT2D eigenvalue weighted by atomic mass is 16.3. The van der Waals surface area contributed by atoms with Gasteiger partial charge in [0.1, 0.15) is 0 Å². The number of amides is 2. The van der Waals surface area contributed by atoms with E-state index in [1.54, 1.807) is 4.90 Å². The van der Waals surface area contributed by atoms with E-state index in [1.165, 1.54) is 0 Å². The third-order valence-corrected chi connectivity index (χ3v) is 2.51. The van der Waals surface area contributed by atoms with Crippen molar-refractivity contribution in [2.45, 2.75) is 13.0 Å². The highest BCUT2D eigenvalue weighted by molar-refractivity contribution is 5.92. The van der Waals surface area contributed by atoms with Gasteiger partial charge in [0, 0.05) is 18.8 Å². The molecule has 4 heteroatoms. The molecule has 4 nitrogen and oxygen atoms in total. The third kappa shape index (κ3) is 2.10. The van der Waals surface area contributed by atoms with Crippen LogP contribution in [-0.4, -0.2) is 24.2 Å². The molecule has 1 aromatic carbocycles. The third-order valence-electron chi connectivity index (χ3n) is 2.51. The number of aliphatic hydroxyl groups is 1. The lowest BCUT2D eigenvalue weighted by atomic mass is 10.2.